The van der Waals surface area contributed by atoms with Crippen LogP contribution in [0.1, 0.15) is 0 Å². The molecule has 0 aliphatic heterocycles. The van der Waals surface area contributed by atoms with E-state index in [2.05, 4.69) is 5.32 Å². The number of hydrogen-bond acceptors (Lipinski definition) is 3. The Morgan fingerprint density at radius 1 is 1.00 bits per heavy atom. The van der Waals surface area contributed by atoms with E-state index in [9.17, 15) is 4.39 Å². The zero-order valence-electron chi connectivity index (χ0n) is 8.87. The number of anilines is 4. The van der Waals surface area contributed by atoms with E-state index in [1.54, 1.807) is 18.2 Å². The van der Waals surface area contributed by atoms with Crippen LogP contribution < -0.4 is 16.8 Å². The Balaban J connectivity index is 2.31. The third kappa shape index (κ3) is 2.60. The molecule has 0 saturated carbocycles. The van der Waals surface area contributed by atoms with Gasteiger partial charge < -0.3 is 16.8 Å². The molecule has 0 amide bonds. The van der Waals surface area contributed by atoms with Gasteiger partial charge in [0.05, 0.1) is 17.1 Å². The third-order valence-electron chi connectivity index (χ3n) is 2.29. The highest BCUT2D eigenvalue weighted by Gasteiger charge is 2.04. The molecule has 5 N–H and O–H groups in total. The lowest BCUT2D eigenvalue weighted by atomic mass is 10.2. The molecule has 0 aliphatic carbocycles. The van der Waals surface area contributed by atoms with Gasteiger partial charge >= 0.3 is 0 Å². The van der Waals surface area contributed by atoms with Gasteiger partial charge in [0.15, 0.2) is 0 Å². The predicted molar refractivity (Wildman–Crippen MR) is 70.0 cm³/mol. The molecule has 0 saturated heterocycles. The molecule has 2 aromatic rings. The van der Waals surface area contributed by atoms with E-state index in [1.807, 2.05) is 0 Å². The predicted octanol–water partition coefficient (Wildman–Crippen LogP) is 3.39. The fourth-order valence-electron chi connectivity index (χ4n) is 1.40. The molecule has 88 valence electrons. The molecule has 3 nitrogen and oxygen atoms in total. The van der Waals surface area contributed by atoms with E-state index in [1.165, 1.54) is 18.2 Å². The highest BCUT2D eigenvalue weighted by molar-refractivity contribution is 6.30. The largest absolute Gasteiger partial charge is 0.397 e. The first kappa shape index (κ1) is 11.5. The van der Waals surface area contributed by atoms with Crippen molar-refractivity contribution in [2.45, 2.75) is 0 Å². The zero-order valence-corrected chi connectivity index (χ0v) is 9.63. The Morgan fingerprint density at radius 3 is 2.47 bits per heavy atom. The maximum absolute atomic E-state index is 13.5. The number of halogens is 2. The molecule has 0 fully saturated rings. The summed E-state index contributed by atoms with van der Waals surface area (Å²) in [6.45, 7) is 0. The van der Waals surface area contributed by atoms with Crippen LogP contribution in [0.2, 0.25) is 5.02 Å². The number of benzene rings is 2. The second kappa shape index (κ2) is 4.51. The lowest BCUT2D eigenvalue weighted by Gasteiger charge is -2.09. The quantitative estimate of drug-likeness (QED) is 0.717. The molecule has 0 unspecified atom stereocenters. The van der Waals surface area contributed by atoms with E-state index < -0.39 is 0 Å². The maximum atomic E-state index is 13.5. The molecule has 0 radical (unpaired) electrons. The van der Waals surface area contributed by atoms with Crippen LogP contribution in [-0.4, -0.2) is 0 Å². The molecule has 2 aromatic carbocycles. The van der Waals surface area contributed by atoms with Gasteiger partial charge in [-0.25, -0.2) is 4.39 Å². The number of rotatable bonds is 2. The van der Waals surface area contributed by atoms with Crippen molar-refractivity contribution in [3.8, 4) is 0 Å². The fraction of sp³-hybridized carbons (Fsp3) is 0. The van der Waals surface area contributed by atoms with Crippen molar-refractivity contribution >= 4 is 34.4 Å². The lowest BCUT2D eigenvalue weighted by molar-refractivity contribution is 0.632. The normalized spacial score (nSPS) is 10.2. The van der Waals surface area contributed by atoms with E-state index in [0.29, 0.717) is 27.8 Å². The molecular weight excluding hydrogens is 241 g/mol. The van der Waals surface area contributed by atoms with Gasteiger partial charge in [-0.3, -0.25) is 0 Å². The number of nitrogens with one attached hydrogen (secondary N) is 1. The second-order valence-electron chi connectivity index (χ2n) is 3.59. The SMILES string of the molecule is Nc1ccc(Nc2cc(Cl)ccc2F)cc1N. The van der Waals surface area contributed by atoms with Gasteiger partial charge in [0.25, 0.3) is 0 Å². The summed E-state index contributed by atoms with van der Waals surface area (Å²) in [4.78, 5) is 0. The maximum Gasteiger partial charge on any atom is 0.146 e. The molecule has 0 heterocycles. The van der Waals surface area contributed by atoms with Gasteiger partial charge in [-0.05, 0) is 36.4 Å². The molecule has 17 heavy (non-hydrogen) atoms. The molecule has 2 rings (SSSR count). The highest BCUT2D eigenvalue weighted by atomic mass is 35.5. The van der Waals surface area contributed by atoms with Crippen LogP contribution in [0.4, 0.5) is 27.1 Å². The minimum Gasteiger partial charge on any atom is -0.397 e. The summed E-state index contributed by atoms with van der Waals surface area (Å²) in [5, 5.41) is 3.34. The summed E-state index contributed by atoms with van der Waals surface area (Å²) in [5.74, 6) is -0.384. The Labute approximate surface area is 103 Å². The van der Waals surface area contributed by atoms with Crippen molar-refractivity contribution in [1.82, 2.24) is 0 Å². The molecule has 0 aliphatic rings. The first-order valence-corrected chi connectivity index (χ1v) is 5.31. The first-order valence-electron chi connectivity index (χ1n) is 4.93. The van der Waals surface area contributed by atoms with Crippen molar-refractivity contribution in [2.75, 3.05) is 16.8 Å². The number of nitrogen functional groups attached to an aromatic ring is 2. The van der Waals surface area contributed by atoms with Crippen molar-refractivity contribution in [3.63, 3.8) is 0 Å². The first-order chi connectivity index (χ1) is 8.06. The smallest absolute Gasteiger partial charge is 0.146 e. The number of nitrogens with two attached hydrogens (primary N) is 2. The van der Waals surface area contributed by atoms with Crippen LogP contribution >= 0.6 is 11.6 Å². The summed E-state index contributed by atoms with van der Waals surface area (Å²) < 4.78 is 13.5. The fourth-order valence-corrected chi connectivity index (χ4v) is 1.57. The molecule has 5 heteroatoms. The Kier molecular flexibility index (Phi) is 3.06. The van der Waals surface area contributed by atoms with Gasteiger partial charge in [-0.15, -0.1) is 0 Å². The van der Waals surface area contributed by atoms with Crippen molar-refractivity contribution in [2.24, 2.45) is 0 Å². The minimum atomic E-state index is -0.384. The molecular formula is C12H11ClFN3. The van der Waals surface area contributed by atoms with Gasteiger partial charge in [0.2, 0.25) is 0 Å². The van der Waals surface area contributed by atoms with Crippen LogP contribution in [0.3, 0.4) is 0 Å². The topological polar surface area (TPSA) is 64.1 Å². The summed E-state index contributed by atoms with van der Waals surface area (Å²) in [5.41, 5.74) is 13.1. The van der Waals surface area contributed by atoms with Crippen LogP contribution in [0, 0.1) is 5.82 Å². The van der Waals surface area contributed by atoms with Gasteiger partial charge in [-0.1, -0.05) is 11.6 Å². The minimum absolute atomic E-state index is 0.293. The van der Waals surface area contributed by atoms with Crippen LogP contribution in [0.25, 0.3) is 0 Å². The van der Waals surface area contributed by atoms with Crippen LogP contribution in [-0.2, 0) is 0 Å². The van der Waals surface area contributed by atoms with Crippen molar-refractivity contribution < 1.29 is 4.39 Å². The van der Waals surface area contributed by atoms with Crippen LogP contribution in [0.5, 0.6) is 0 Å². The van der Waals surface area contributed by atoms with Gasteiger partial charge in [0.1, 0.15) is 5.82 Å². The molecule has 0 spiro atoms. The monoisotopic (exact) mass is 251 g/mol. The Morgan fingerprint density at radius 2 is 1.76 bits per heavy atom. The lowest BCUT2D eigenvalue weighted by Crippen LogP contribution is -1.98. The van der Waals surface area contributed by atoms with Crippen molar-refractivity contribution in [3.05, 3.63) is 47.2 Å². The van der Waals surface area contributed by atoms with E-state index in [0.717, 1.165) is 0 Å². The average Bonchev–Trinajstić information content (AvgIpc) is 2.29. The summed E-state index contributed by atoms with van der Waals surface area (Å²) >= 11 is 5.79. The molecule has 0 aromatic heterocycles. The molecule has 0 atom stereocenters. The summed E-state index contributed by atoms with van der Waals surface area (Å²) in [6.07, 6.45) is 0. The van der Waals surface area contributed by atoms with Crippen LogP contribution in [0.15, 0.2) is 36.4 Å². The summed E-state index contributed by atoms with van der Waals surface area (Å²) in [7, 11) is 0. The second-order valence-corrected chi connectivity index (χ2v) is 4.03. The standard InChI is InChI=1S/C12H11ClFN3/c13-7-1-3-9(14)12(5-7)17-8-2-4-10(15)11(16)6-8/h1-6,17H,15-16H2. The van der Waals surface area contributed by atoms with E-state index in [-0.39, 0.29) is 5.82 Å². The highest BCUT2D eigenvalue weighted by Crippen LogP contribution is 2.26. The zero-order chi connectivity index (χ0) is 12.4. The van der Waals surface area contributed by atoms with Gasteiger partial charge in [-0.2, -0.15) is 0 Å². The Bertz CT molecular complexity index is 557. The number of hydrogen-bond donors (Lipinski definition) is 3. The summed E-state index contributed by atoms with van der Waals surface area (Å²) in [6, 6.07) is 9.29. The van der Waals surface area contributed by atoms with E-state index >= 15 is 0 Å². The van der Waals surface area contributed by atoms with Crippen molar-refractivity contribution in [1.29, 1.82) is 0 Å². The Hall–Kier alpha value is -1.94. The van der Waals surface area contributed by atoms with E-state index in [4.69, 9.17) is 23.1 Å². The average molecular weight is 252 g/mol. The third-order valence-corrected chi connectivity index (χ3v) is 2.53. The molecule has 0 bridgehead atoms. The van der Waals surface area contributed by atoms with Gasteiger partial charge in [0, 0.05) is 10.7 Å².